The van der Waals surface area contributed by atoms with Gasteiger partial charge in [0, 0.05) is 6.20 Å². The Labute approximate surface area is 116 Å². The molecule has 0 saturated carbocycles. The third-order valence-corrected chi connectivity index (χ3v) is 3.94. The average Bonchev–Trinajstić information content (AvgIpc) is 3.09. The zero-order valence-corrected chi connectivity index (χ0v) is 11.6. The first-order valence-electron chi connectivity index (χ1n) is 6.48. The maximum absolute atomic E-state index is 5.55. The minimum Gasteiger partial charge on any atom is -0.467 e. The molecule has 0 aromatic carbocycles. The van der Waals surface area contributed by atoms with Gasteiger partial charge in [-0.25, -0.2) is 0 Å². The standard InChI is InChI=1S/C15H16N2OS/c1-2-6-16-15(13-4-3-7-18-13)11-9-14-12(17-10-11)5-8-19-14/h3-5,7-10,15-16H,2,6H2,1H3. The van der Waals surface area contributed by atoms with E-state index in [1.165, 1.54) is 4.70 Å². The fourth-order valence-corrected chi connectivity index (χ4v) is 2.94. The van der Waals surface area contributed by atoms with Crippen LogP contribution in [0.3, 0.4) is 0 Å². The summed E-state index contributed by atoms with van der Waals surface area (Å²) in [5, 5.41) is 5.59. The third-order valence-electron chi connectivity index (χ3n) is 3.08. The molecular weight excluding hydrogens is 256 g/mol. The Kier molecular flexibility index (Phi) is 3.62. The molecule has 1 unspecified atom stereocenters. The van der Waals surface area contributed by atoms with Crippen molar-refractivity contribution in [2.24, 2.45) is 0 Å². The lowest BCUT2D eigenvalue weighted by atomic mass is 10.1. The molecule has 0 radical (unpaired) electrons. The molecule has 98 valence electrons. The summed E-state index contributed by atoms with van der Waals surface area (Å²) in [6.45, 7) is 3.11. The fourth-order valence-electron chi connectivity index (χ4n) is 2.15. The van der Waals surface area contributed by atoms with Crippen molar-refractivity contribution in [1.82, 2.24) is 10.3 Å². The predicted octanol–water partition coefficient (Wildman–Crippen LogP) is 3.98. The summed E-state index contributed by atoms with van der Waals surface area (Å²) in [5.74, 6) is 0.936. The van der Waals surface area contributed by atoms with Crippen molar-refractivity contribution in [3.63, 3.8) is 0 Å². The molecule has 0 aliphatic rings. The number of rotatable bonds is 5. The van der Waals surface area contributed by atoms with E-state index in [-0.39, 0.29) is 6.04 Å². The maximum atomic E-state index is 5.55. The van der Waals surface area contributed by atoms with Crippen molar-refractivity contribution in [2.75, 3.05) is 6.54 Å². The number of furan rings is 1. The number of aromatic nitrogens is 1. The average molecular weight is 272 g/mol. The van der Waals surface area contributed by atoms with Gasteiger partial charge in [0.25, 0.3) is 0 Å². The van der Waals surface area contributed by atoms with E-state index >= 15 is 0 Å². The van der Waals surface area contributed by atoms with Gasteiger partial charge in [-0.1, -0.05) is 6.92 Å². The summed E-state index contributed by atoms with van der Waals surface area (Å²) in [5.41, 5.74) is 2.21. The minimum absolute atomic E-state index is 0.0777. The van der Waals surface area contributed by atoms with E-state index in [0.29, 0.717) is 0 Å². The van der Waals surface area contributed by atoms with Gasteiger partial charge in [0.2, 0.25) is 0 Å². The quantitative estimate of drug-likeness (QED) is 0.763. The third kappa shape index (κ3) is 2.55. The lowest BCUT2D eigenvalue weighted by Crippen LogP contribution is -2.22. The van der Waals surface area contributed by atoms with Crippen molar-refractivity contribution in [3.05, 3.63) is 53.4 Å². The molecule has 0 saturated heterocycles. The molecule has 19 heavy (non-hydrogen) atoms. The zero-order chi connectivity index (χ0) is 13.1. The van der Waals surface area contributed by atoms with Crippen LogP contribution in [0.2, 0.25) is 0 Å². The van der Waals surface area contributed by atoms with Gasteiger partial charge >= 0.3 is 0 Å². The van der Waals surface area contributed by atoms with Gasteiger partial charge in [0.05, 0.1) is 22.5 Å². The molecule has 3 rings (SSSR count). The van der Waals surface area contributed by atoms with E-state index < -0.39 is 0 Å². The van der Waals surface area contributed by atoms with E-state index in [4.69, 9.17) is 4.42 Å². The lowest BCUT2D eigenvalue weighted by molar-refractivity contribution is 0.446. The summed E-state index contributed by atoms with van der Waals surface area (Å²) in [6, 6.07) is 8.25. The summed E-state index contributed by atoms with van der Waals surface area (Å²) < 4.78 is 6.77. The molecule has 0 fully saturated rings. The van der Waals surface area contributed by atoms with Crippen LogP contribution in [0.1, 0.15) is 30.7 Å². The molecule has 1 N–H and O–H groups in total. The second-order valence-corrected chi connectivity index (χ2v) is 5.42. The first kappa shape index (κ1) is 12.4. The molecule has 0 bridgehead atoms. The number of nitrogens with zero attached hydrogens (tertiary/aromatic N) is 1. The molecule has 3 nitrogen and oxygen atoms in total. The highest BCUT2D eigenvalue weighted by atomic mass is 32.1. The smallest absolute Gasteiger partial charge is 0.125 e. The van der Waals surface area contributed by atoms with Crippen LogP contribution in [0.4, 0.5) is 0 Å². The van der Waals surface area contributed by atoms with E-state index in [2.05, 4.69) is 28.7 Å². The molecule has 1 atom stereocenters. The lowest BCUT2D eigenvalue weighted by Gasteiger charge is -2.16. The Hall–Kier alpha value is -1.65. The number of pyridine rings is 1. The topological polar surface area (TPSA) is 38.1 Å². The van der Waals surface area contributed by atoms with Gasteiger partial charge in [-0.05, 0) is 48.2 Å². The molecular formula is C15H16N2OS. The number of hydrogen-bond acceptors (Lipinski definition) is 4. The Morgan fingerprint density at radius 3 is 3.16 bits per heavy atom. The Morgan fingerprint density at radius 1 is 1.42 bits per heavy atom. The summed E-state index contributed by atoms with van der Waals surface area (Å²) >= 11 is 1.72. The first-order chi connectivity index (χ1) is 9.38. The Bertz CT molecular complexity index is 645. The molecule has 0 aliphatic heterocycles. The Morgan fingerprint density at radius 2 is 2.37 bits per heavy atom. The minimum atomic E-state index is 0.0777. The van der Waals surface area contributed by atoms with E-state index in [1.807, 2.05) is 24.4 Å². The predicted molar refractivity (Wildman–Crippen MR) is 78.5 cm³/mol. The van der Waals surface area contributed by atoms with Crippen LogP contribution in [-0.2, 0) is 0 Å². The normalized spacial score (nSPS) is 12.9. The molecule has 0 spiro atoms. The molecule has 0 aliphatic carbocycles. The van der Waals surface area contributed by atoms with E-state index in [1.54, 1.807) is 17.6 Å². The van der Waals surface area contributed by atoms with Crippen molar-refractivity contribution in [3.8, 4) is 0 Å². The maximum Gasteiger partial charge on any atom is 0.125 e. The summed E-state index contributed by atoms with van der Waals surface area (Å²) in [7, 11) is 0. The molecule has 0 amide bonds. The van der Waals surface area contributed by atoms with E-state index in [0.717, 1.165) is 29.8 Å². The number of fused-ring (bicyclic) bond motifs is 1. The van der Waals surface area contributed by atoms with Gasteiger partial charge in [-0.3, -0.25) is 4.98 Å². The Balaban J connectivity index is 1.97. The van der Waals surface area contributed by atoms with Crippen molar-refractivity contribution in [2.45, 2.75) is 19.4 Å². The second kappa shape index (κ2) is 5.55. The molecule has 3 heterocycles. The van der Waals surface area contributed by atoms with Crippen LogP contribution >= 0.6 is 11.3 Å². The highest BCUT2D eigenvalue weighted by Crippen LogP contribution is 2.26. The first-order valence-corrected chi connectivity index (χ1v) is 7.36. The van der Waals surface area contributed by atoms with Crippen LogP contribution < -0.4 is 5.32 Å². The van der Waals surface area contributed by atoms with Gasteiger partial charge in [-0.2, -0.15) is 0 Å². The van der Waals surface area contributed by atoms with Crippen LogP contribution in [0.5, 0.6) is 0 Å². The molecule has 3 aromatic heterocycles. The highest BCUT2D eigenvalue weighted by molar-refractivity contribution is 7.17. The van der Waals surface area contributed by atoms with Gasteiger partial charge in [0.1, 0.15) is 5.76 Å². The van der Waals surface area contributed by atoms with Crippen molar-refractivity contribution in [1.29, 1.82) is 0 Å². The van der Waals surface area contributed by atoms with Crippen LogP contribution in [0.25, 0.3) is 10.2 Å². The van der Waals surface area contributed by atoms with Crippen LogP contribution in [0, 0.1) is 0 Å². The van der Waals surface area contributed by atoms with Gasteiger partial charge in [-0.15, -0.1) is 11.3 Å². The highest BCUT2D eigenvalue weighted by Gasteiger charge is 2.17. The SMILES string of the molecule is CCCNC(c1cnc2ccsc2c1)c1ccco1. The summed E-state index contributed by atoms with van der Waals surface area (Å²) in [4.78, 5) is 4.51. The summed E-state index contributed by atoms with van der Waals surface area (Å²) in [6.07, 6.45) is 4.74. The fraction of sp³-hybridized carbons (Fsp3) is 0.267. The monoisotopic (exact) mass is 272 g/mol. The molecule has 3 aromatic rings. The molecule has 4 heteroatoms. The zero-order valence-electron chi connectivity index (χ0n) is 10.8. The van der Waals surface area contributed by atoms with Crippen molar-refractivity contribution < 1.29 is 4.42 Å². The van der Waals surface area contributed by atoms with Gasteiger partial charge in [0.15, 0.2) is 0 Å². The van der Waals surface area contributed by atoms with Crippen molar-refractivity contribution >= 4 is 21.6 Å². The number of thiophene rings is 1. The van der Waals surface area contributed by atoms with E-state index in [9.17, 15) is 0 Å². The van der Waals surface area contributed by atoms with Gasteiger partial charge < -0.3 is 9.73 Å². The largest absolute Gasteiger partial charge is 0.467 e. The number of hydrogen-bond donors (Lipinski definition) is 1. The van der Waals surface area contributed by atoms with Crippen LogP contribution in [-0.4, -0.2) is 11.5 Å². The number of nitrogens with one attached hydrogen (secondary N) is 1. The van der Waals surface area contributed by atoms with Crippen LogP contribution in [0.15, 0.2) is 46.5 Å². The second-order valence-electron chi connectivity index (χ2n) is 4.48.